The van der Waals surface area contributed by atoms with Gasteiger partial charge in [0.15, 0.2) is 0 Å². The molecule has 0 aliphatic heterocycles. The van der Waals surface area contributed by atoms with Gasteiger partial charge in [0.1, 0.15) is 0 Å². The minimum absolute atomic E-state index is 0.493. The summed E-state index contributed by atoms with van der Waals surface area (Å²) < 4.78 is 19.5. The zero-order valence-corrected chi connectivity index (χ0v) is 21.9. The molecule has 174 valence electrons. The molecular formula is C31H25F2PTi-2. The van der Waals surface area contributed by atoms with Gasteiger partial charge < -0.3 is 0 Å². The van der Waals surface area contributed by atoms with Crippen LogP contribution in [0.2, 0.25) is 0 Å². The largest absolute Gasteiger partial charge is 0.160 e. The SMILES string of the molecule is Cc1cc2ccccc2[cH-]1.[F][Ti][F].c1ccc(P(c2ccccc2)c2cc3ccccc3[cH-]2)cc1. The fourth-order valence-corrected chi connectivity index (χ4v) is 6.54. The van der Waals surface area contributed by atoms with E-state index in [-0.39, 0.29) is 0 Å². The summed E-state index contributed by atoms with van der Waals surface area (Å²) in [5.41, 5.74) is 1.35. The smallest absolute Gasteiger partial charge is 0.0166 e. The van der Waals surface area contributed by atoms with E-state index in [1.165, 1.54) is 43.0 Å². The van der Waals surface area contributed by atoms with Crippen LogP contribution in [0, 0.1) is 6.92 Å². The summed E-state index contributed by atoms with van der Waals surface area (Å²) in [5, 5.41) is 9.58. The molecule has 6 aromatic carbocycles. The molecule has 4 heteroatoms. The van der Waals surface area contributed by atoms with E-state index in [9.17, 15) is 6.18 Å². The first-order valence-electron chi connectivity index (χ1n) is 11.3. The summed E-state index contributed by atoms with van der Waals surface area (Å²) in [5.74, 6) is 0. The van der Waals surface area contributed by atoms with Crippen LogP contribution in [-0.2, 0) is 20.2 Å². The number of hydrogen-bond acceptors (Lipinski definition) is 0. The zero-order chi connectivity index (χ0) is 24.5. The van der Waals surface area contributed by atoms with E-state index in [0.717, 1.165) is 0 Å². The number of benzene rings is 4. The first kappa shape index (κ1) is 25.2. The first-order valence-corrected chi connectivity index (χ1v) is 13.9. The predicted octanol–water partition coefficient (Wildman–Crippen LogP) is 8.02. The normalized spacial score (nSPS) is 10.4. The summed E-state index contributed by atoms with van der Waals surface area (Å²) >= 11 is -2.50. The third-order valence-electron chi connectivity index (χ3n) is 5.65. The van der Waals surface area contributed by atoms with Crippen molar-refractivity contribution < 1.29 is 26.4 Å². The van der Waals surface area contributed by atoms with Crippen LogP contribution >= 0.6 is 7.92 Å². The zero-order valence-electron chi connectivity index (χ0n) is 19.4. The average Bonchev–Trinajstić information content (AvgIpc) is 3.49. The number of fused-ring (bicyclic) bond motifs is 2. The minimum Gasteiger partial charge on any atom is -0.160 e. The van der Waals surface area contributed by atoms with E-state index in [2.05, 4.69) is 140 Å². The molecule has 0 N–H and O–H groups in total. The standard InChI is InChI=1S/C21H16P.C10H9.2FH.Ti/c1-3-11-19(12-4-1)22(20-13-5-2-6-14-20)21-15-17-9-7-8-10-18(17)16-21;1-8-6-9-4-2-3-5-10(9)7-8;;;/h1-16H;2-7H,1H3;2*1H;/q2*-1;;;+2/p-2. The van der Waals surface area contributed by atoms with Gasteiger partial charge in [0.05, 0.1) is 0 Å². The topological polar surface area (TPSA) is 0 Å². The molecule has 0 atom stereocenters. The molecule has 6 rings (SSSR count). The van der Waals surface area contributed by atoms with Gasteiger partial charge in [0, 0.05) is 0 Å². The molecule has 0 saturated heterocycles. The van der Waals surface area contributed by atoms with Crippen molar-refractivity contribution in [2.24, 2.45) is 0 Å². The third-order valence-corrected chi connectivity index (χ3v) is 8.06. The molecule has 0 fully saturated rings. The molecule has 0 aliphatic carbocycles. The van der Waals surface area contributed by atoms with Crippen LogP contribution in [0.15, 0.2) is 133 Å². The molecular weight excluding hydrogens is 489 g/mol. The monoisotopic (exact) mass is 514 g/mol. The second-order valence-corrected chi connectivity index (χ2v) is 10.5. The first-order chi connectivity index (χ1) is 17.2. The molecule has 0 aliphatic rings. The van der Waals surface area contributed by atoms with Gasteiger partial charge in [0.2, 0.25) is 0 Å². The van der Waals surface area contributed by atoms with Crippen LogP contribution in [0.4, 0.5) is 6.18 Å². The van der Waals surface area contributed by atoms with Gasteiger partial charge >= 0.3 is 26.4 Å². The van der Waals surface area contributed by atoms with Crippen molar-refractivity contribution in [3.05, 3.63) is 139 Å². The molecule has 0 bridgehead atoms. The Kier molecular flexibility index (Phi) is 9.15. The molecule has 0 nitrogen and oxygen atoms in total. The molecule has 0 amide bonds. The van der Waals surface area contributed by atoms with E-state index >= 15 is 0 Å². The number of rotatable bonds is 3. The second-order valence-electron chi connectivity index (χ2n) is 8.08. The van der Waals surface area contributed by atoms with E-state index < -0.39 is 28.1 Å². The minimum atomic E-state index is -2.50. The summed E-state index contributed by atoms with van der Waals surface area (Å²) in [6.45, 7) is 2.12. The molecule has 6 aromatic rings. The fourth-order valence-electron chi connectivity index (χ4n) is 4.17. The van der Waals surface area contributed by atoms with Gasteiger partial charge in [0.25, 0.3) is 0 Å². The van der Waals surface area contributed by atoms with Gasteiger partial charge in [-0.05, 0) is 18.5 Å². The maximum atomic E-state index is 9.75. The van der Waals surface area contributed by atoms with Crippen LogP contribution in [0.5, 0.6) is 0 Å². The molecule has 35 heavy (non-hydrogen) atoms. The Morgan fingerprint density at radius 2 is 1.00 bits per heavy atom. The van der Waals surface area contributed by atoms with Gasteiger partial charge in [-0.15, -0.1) is 80.9 Å². The van der Waals surface area contributed by atoms with Crippen molar-refractivity contribution >= 4 is 45.4 Å². The Bertz CT molecular complexity index is 1350. The summed E-state index contributed by atoms with van der Waals surface area (Å²) in [4.78, 5) is 0. The Morgan fingerprint density at radius 3 is 1.49 bits per heavy atom. The molecule has 0 aromatic heterocycles. The van der Waals surface area contributed by atoms with E-state index in [1.807, 2.05) is 0 Å². The fraction of sp³-hybridized carbons (Fsp3) is 0.0323. The van der Waals surface area contributed by atoms with Gasteiger partial charge in [-0.2, -0.15) is 12.1 Å². The van der Waals surface area contributed by atoms with Gasteiger partial charge in [-0.3, -0.25) is 0 Å². The van der Waals surface area contributed by atoms with Crippen molar-refractivity contribution in [2.45, 2.75) is 6.92 Å². The summed E-state index contributed by atoms with van der Waals surface area (Å²) in [6, 6.07) is 47.8. The predicted molar refractivity (Wildman–Crippen MR) is 145 cm³/mol. The van der Waals surface area contributed by atoms with Gasteiger partial charge in [-0.1, -0.05) is 79.7 Å². The second kappa shape index (κ2) is 12.7. The molecule has 0 unspecified atom stereocenters. The Labute approximate surface area is 217 Å². The summed E-state index contributed by atoms with van der Waals surface area (Å²) in [6.07, 6.45) is 0. The van der Waals surface area contributed by atoms with Gasteiger partial charge in [-0.25, -0.2) is 0 Å². The molecule has 0 heterocycles. The van der Waals surface area contributed by atoms with Crippen LogP contribution in [-0.4, -0.2) is 0 Å². The quantitative estimate of drug-likeness (QED) is 0.127. The van der Waals surface area contributed by atoms with Crippen molar-refractivity contribution in [3.8, 4) is 0 Å². The number of hydrogen-bond donors (Lipinski definition) is 0. The molecule has 0 radical (unpaired) electrons. The van der Waals surface area contributed by atoms with E-state index in [1.54, 1.807) is 0 Å². The van der Waals surface area contributed by atoms with Crippen LogP contribution in [0.3, 0.4) is 0 Å². The summed E-state index contributed by atoms with van der Waals surface area (Å²) in [7, 11) is -0.493. The molecule has 0 spiro atoms. The maximum Gasteiger partial charge on any atom is -0.0166 e. The molecule has 0 saturated carbocycles. The average molecular weight is 514 g/mol. The Morgan fingerprint density at radius 1 is 0.571 bits per heavy atom. The number of aryl methyl sites for hydroxylation is 1. The Balaban J connectivity index is 0.000000184. The maximum absolute atomic E-state index is 9.75. The van der Waals surface area contributed by atoms with Crippen molar-refractivity contribution in [3.63, 3.8) is 0 Å². The Hall–Kier alpha value is -2.90. The van der Waals surface area contributed by atoms with E-state index in [0.29, 0.717) is 0 Å². The number of halogens is 2. The van der Waals surface area contributed by atoms with Crippen LogP contribution in [0.1, 0.15) is 5.56 Å². The van der Waals surface area contributed by atoms with E-state index in [4.69, 9.17) is 0 Å². The van der Waals surface area contributed by atoms with Crippen molar-refractivity contribution in [2.75, 3.05) is 0 Å². The van der Waals surface area contributed by atoms with Crippen molar-refractivity contribution in [1.82, 2.24) is 0 Å². The van der Waals surface area contributed by atoms with Crippen molar-refractivity contribution in [1.29, 1.82) is 0 Å². The van der Waals surface area contributed by atoms with Crippen LogP contribution < -0.4 is 15.9 Å². The van der Waals surface area contributed by atoms with Crippen LogP contribution in [0.25, 0.3) is 21.5 Å². The third kappa shape index (κ3) is 6.62.